The molecule has 0 heterocycles. The minimum Gasteiger partial charge on any atom is -0.465 e. The Bertz CT molecular complexity index is 311. The number of ether oxygens (including phenoxy) is 1. The highest BCUT2D eigenvalue weighted by Gasteiger charge is 2.14. The number of nitrogens with one attached hydrogen (secondary N) is 1. The lowest BCUT2D eigenvalue weighted by Gasteiger charge is -2.15. The van der Waals surface area contributed by atoms with E-state index < -0.39 is 6.04 Å². The van der Waals surface area contributed by atoms with Gasteiger partial charge in [-0.2, -0.15) is 11.8 Å². The van der Waals surface area contributed by atoms with Crippen molar-refractivity contribution in [1.29, 1.82) is 0 Å². The number of carbonyl (C=O) groups excluding carboxylic acids is 2. The van der Waals surface area contributed by atoms with E-state index in [1.54, 1.807) is 6.92 Å². The van der Waals surface area contributed by atoms with Gasteiger partial charge in [0.1, 0.15) is 6.04 Å². The van der Waals surface area contributed by atoms with Crippen LogP contribution in [0.1, 0.15) is 47.0 Å². The zero-order valence-electron chi connectivity index (χ0n) is 13.7. The standard InChI is InChI=1S/C15H30N2O3S/c1-5-20-15(19)13(16)8-9-21-10-14(18)17-12(4)7-6-11(2)3/h11-13H,5-10,16H2,1-4H3,(H,17,18). The summed E-state index contributed by atoms with van der Waals surface area (Å²) in [5.41, 5.74) is 5.68. The average molecular weight is 318 g/mol. The number of thioether (sulfide) groups is 1. The third-order valence-electron chi connectivity index (χ3n) is 2.98. The molecule has 21 heavy (non-hydrogen) atoms. The van der Waals surface area contributed by atoms with Crippen LogP contribution in [0.3, 0.4) is 0 Å². The van der Waals surface area contributed by atoms with E-state index >= 15 is 0 Å². The maximum Gasteiger partial charge on any atom is 0.322 e. The molecular weight excluding hydrogens is 288 g/mol. The van der Waals surface area contributed by atoms with Crippen LogP contribution in [0, 0.1) is 5.92 Å². The van der Waals surface area contributed by atoms with Crippen molar-refractivity contribution in [1.82, 2.24) is 5.32 Å². The minimum absolute atomic E-state index is 0.0426. The van der Waals surface area contributed by atoms with E-state index in [0.717, 1.165) is 12.8 Å². The van der Waals surface area contributed by atoms with E-state index in [1.165, 1.54) is 11.8 Å². The number of carbonyl (C=O) groups is 2. The Hall–Kier alpha value is -0.750. The molecule has 0 spiro atoms. The SMILES string of the molecule is CCOC(=O)C(N)CCSCC(=O)NC(C)CCC(C)C. The summed E-state index contributed by atoms with van der Waals surface area (Å²) >= 11 is 1.49. The Labute approximate surface area is 132 Å². The van der Waals surface area contributed by atoms with Crippen molar-refractivity contribution < 1.29 is 14.3 Å². The van der Waals surface area contributed by atoms with Crippen molar-refractivity contribution in [3.63, 3.8) is 0 Å². The zero-order valence-corrected chi connectivity index (χ0v) is 14.5. The molecule has 0 aromatic heterocycles. The summed E-state index contributed by atoms with van der Waals surface area (Å²) in [6.07, 6.45) is 2.64. The van der Waals surface area contributed by atoms with Gasteiger partial charge in [0.05, 0.1) is 12.4 Å². The second-order valence-electron chi connectivity index (χ2n) is 5.64. The molecule has 0 aromatic carbocycles. The van der Waals surface area contributed by atoms with Gasteiger partial charge in [0.15, 0.2) is 0 Å². The number of amides is 1. The molecule has 2 unspecified atom stereocenters. The van der Waals surface area contributed by atoms with Gasteiger partial charge in [0.2, 0.25) is 5.91 Å². The molecule has 0 rings (SSSR count). The Morgan fingerprint density at radius 3 is 2.43 bits per heavy atom. The molecule has 0 radical (unpaired) electrons. The fourth-order valence-electron chi connectivity index (χ4n) is 1.71. The largest absolute Gasteiger partial charge is 0.465 e. The summed E-state index contributed by atoms with van der Waals surface area (Å²) in [6, 6.07) is -0.382. The van der Waals surface area contributed by atoms with Crippen LogP contribution in [0.5, 0.6) is 0 Å². The molecule has 0 saturated heterocycles. The lowest BCUT2D eigenvalue weighted by Crippen LogP contribution is -2.35. The summed E-state index contributed by atoms with van der Waals surface area (Å²) in [5, 5.41) is 2.98. The summed E-state index contributed by atoms with van der Waals surface area (Å²) < 4.78 is 4.83. The number of rotatable bonds is 11. The molecule has 2 atom stereocenters. The maximum absolute atomic E-state index is 11.7. The van der Waals surface area contributed by atoms with Crippen molar-refractivity contribution in [2.24, 2.45) is 11.7 Å². The predicted molar refractivity (Wildman–Crippen MR) is 88.2 cm³/mol. The van der Waals surface area contributed by atoms with Crippen molar-refractivity contribution in [2.75, 3.05) is 18.1 Å². The van der Waals surface area contributed by atoms with Crippen LogP contribution < -0.4 is 11.1 Å². The molecule has 3 N–H and O–H groups in total. The molecule has 5 nitrogen and oxygen atoms in total. The Morgan fingerprint density at radius 2 is 1.86 bits per heavy atom. The Morgan fingerprint density at radius 1 is 1.19 bits per heavy atom. The first-order valence-corrected chi connectivity index (χ1v) is 8.81. The van der Waals surface area contributed by atoms with Gasteiger partial charge in [-0.3, -0.25) is 9.59 Å². The van der Waals surface area contributed by atoms with Gasteiger partial charge in [-0.25, -0.2) is 0 Å². The van der Waals surface area contributed by atoms with E-state index in [4.69, 9.17) is 10.5 Å². The number of esters is 1. The predicted octanol–water partition coefficient (Wildman–Crippen LogP) is 1.94. The van der Waals surface area contributed by atoms with Crippen LogP contribution in [0.2, 0.25) is 0 Å². The number of hydrogen-bond acceptors (Lipinski definition) is 5. The van der Waals surface area contributed by atoms with Gasteiger partial charge in [-0.05, 0) is 44.8 Å². The topological polar surface area (TPSA) is 81.4 Å². The number of hydrogen-bond donors (Lipinski definition) is 2. The van der Waals surface area contributed by atoms with Crippen LogP contribution in [-0.2, 0) is 14.3 Å². The highest BCUT2D eigenvalue weighted by Crippen LogP contribution is 2.08. The van der Waals surface area contributed by atoms with Gasteiger partial charge < -0.3 is 15.8 Å². The Balaban J connectivity index is 3.68. The minimum atomic E-state index is -0.592. The third-order valence-corrected chi connectivity index (χ3v) is 3.97. The second kappa shape index (κ2) is 11.9. The van der Waals surface area contributed by atoms with Crippen molar-refractivity contribution >= 4 is 23.6 Å². The van der Waals surface area contributed by atoms with E-state index in [1.807, 2.05) is 6.92 Å². The maximum atomic E-state index is 11.7. The molecule has 0 aliphatic heterocycles. The van der Waals surface area contributed by atoms with Crippen LogP contribution in [0.4, 0.5) is 0 Å². The lowest BCUT2D eigenvalue weighted by atomic mass is 10.0. The summed E-state index contributed by atoms with van der Waals surface area (Å²) in [7, 11) is 0. The fraction of sp³-hybridized carbons (Fsp3) is 0.867. The summed E-state index contributed by atoms with van der Waals surface area (Å²) in [6.45, 7) is 8.48. The molecule has 0 aromatic rings. The molecule has 1 amide bonds. The molecule has 124 valence electrons. The Kier molecular flexibility index (Phi) is 11.4. The monoisotopic (exact) mass is 318 g/mol. The first-order valence-electron chi connectivity index (χ1n) is 7.66. The van der Waals surface area contributed by atoms with Gasteiger partial charge in [0.25, 0.3) is 0 Å². The first-order chi connectivity index (χ1) is 9.86. The van der Waals surface area contributed by atoms with Gasteiger partial charge >= 0.3 is 5.97 Å². The van der Waals surface area contributed by atoms with Crippen molar-refractivity contribution in [2.45, 2.75) is 59.0 Å². The molecule has 0 aliphatic rings. The van der Waals surface area contributed by atoms with Crippen molar-refractivity contribution in [3.05, 3.63) is 0 Å². The molecule has 0 fully saturated rings. The van der Waals surface area contributed by atoms with Gasteiger partial charge in [0, 0.05) is 6.04 Å². The molecule has 6 heteroatoms. The van der Waals surface area contributed by atoms with Gasteiger partial charge in [-0.1, -0.05) is 13.8 Å². The highest BCUT2D eigenvalue weighted by molar-refractivity contribution is 7.99. The fourth-order valence-corrected chi connectivity index (χ4v) is 2.55. The quantitative estimate of drug-likeness (QED) is 0.449. The average Bonchev–Trinajstić information content (AvgIpc) is 2.41. The summed E-state index contributed by atoms with van der Waals surface area (Å²) in [5.74, 6) is 1.41. The molecule has 0 aliphatic carbocycles. The molecular formula is C15H30N2O3S. The van der Waals surface area contributed by atoms with Crippen LogP contribution >= 0.6 is 11.8 Å². The van der Waals surface area contributed by atoms with Crippen LogP contribution in [-0.4, -0.2) is 42.1 Å². The smallest absolute Gasteiger partial charge is 0.322 e. The molecule has 0 bridgehead atoms. The third kappa shape index (κ3) is 11.6. The van der Waals surface area contributed by atoms with Crippen LogP contribution in [0.25, 0.3) is 0 Å². The van der Waals surface area contributed by atoms with E-state index in [2.05, 4.69) is 19.2 Å². The first kappa shape index (κ1) is 20.2. The normalized spacial score (nSPS) is 13.8. The van der Waals surface area contributed by atoms with E-state index in [9.17, 15) is 9.59 Å². The van der Waals surface area contributed by atoms with E-state index in [0.29, 0.717) is 30.5 Å². The lowest BCUT2D eigenvalue weighted by molar-refractivity contribution is -0.144. The van der Waals surface area contributed by atoms with Gasteiger partial charge in [-0.15, -0.1) is 0 Å². The van der Waals surface area contributed by atoms with Crippen LogP contribution in [0.15, 0.2) is 0 Å². The summed E-state index contributed by atoms with van der Waals surface area (Å²) in [4.78, 5) is 23.0. The number of nitrogens with two attached hydrogens (primary N) is 1. The molecule has 0 saturated carbocycles. The second-order valence-corrected chi connectivity index (χ2v) is 6.74. The highest BCUT2D eigenvalue weighted by atomic mass is 32.2. The zero-order chi connectivity index (χ0) is 16.3. The van der Waals surface area contributed by atoms with E-state index in [-0.39, 0.29) is 17.9 Å². The van der Waals surface area contributed by atoms with Crippen molar-refractivity contribution in [3.8, 4) is 0 Å².